The zero-order valence-electron chi connectivity index (χ0n) is 16.5. The number of Topliss-reactive ketones (excluding diaryl/α,β-unsaturated/α-hetero) is 1. The summed E-state index contributed by atoms with van der Waals surface area (Å²) in [6, 6.07) is 0. The van der Waals surface area contributed by atoms with Crippen LogP contribution in [-0.4, -0.2) is 29.1 Å². The van der Waals surface area contributed by atoms with Crippen LogP contribution in [0.15, 0.2) is 0 Å². The van der Waals surface area contributed by atoms with Gasteiger partial charge >= 0.3 is 5.97 Å². The van der Waals surface area contributed by atoms with E-state index < -0.39 is 6.10 Å². The highest BCUT2D eigenvalue weighted by molar-refractivity contribution is 5.87. The number of aliphatic hydroxyl groups excluding tert-OH is 1. The van der Waals surface area contributed by atoms with Gasteiger partial charge in [-0.25, -0.2) is 0 Å². The Hall–Kier alpha value is -0.900. The Morgan fingerprint density at radius 3 is 2.72 bits per heavy atom. The Morgan fingerprint density at radius 1 is 1.20 bits per heavy atom. The third-order valence-electron chi connectivity index (χ3n) is 8.38. The van der Waals surface area contributed by atoms with E-state index in [1.165, 1.54) is 6.92 Å². The van der Waals surface area contributed by atoms with E-state index in [1.807, 2.05) is 0 Å². The Bertz CT molecular complexity index is 607. The summed E-state index contributed by atoms with van der Waals surface area (Å²) in [5.41, 5.74) is -0.377. The highest BCUT2D eigenvalue weighted by atomic mass is 16.5. The summed E-state index contributed by atoms with van der Waals surface area (Å²) >= 11 is 0. The molecule has 0 bridgehead atoms. The molecule has 0 aromatic heterocycles. The molecule has 0 aromatic rings. The molecule has 0 spiro atoms. The van der Waals surface area contributed by atoms with Gasteiger partial charge in [-0.2, -0.15) is 0 Å². The molecule has 4 nitrogen and oxygen atoms in total. The molecule has 0 unspecified atom stereocenters. The van der Waals surface area contributed by atoms with Crippen molar-refractivity contribution in [2.75, 3.05) is 0 Å². The van der Waals surface area contributed by atoms with Crippen LogP contribution in [0.25, 0.3) is 0 Å². The Morgan fingerprint density at radius 2 is 2.00 bits per heavy atom. The molecule has 4 heteroatoms. The standard InChI is InChI=1S/C21H32O4/c1-12(22)25-13-6-8-20(2)16-7-9-21(3)15(4-5-19(21)24)14(16)11-18(23)17(20)10-13/h13-18,23H,4-11H2,1-3H3/t13-,14-,15-,16-,17+,18+,20+,21-/m0/s1/i2D. The minimum Gasteiger partial charge on any atom is -0.463 e. The summed E-state index contributed by atoms with van der Waals surface area (Å²) < 4.78 is 13.9. The first-order chi connectivity index (χ1) is 12.3. The van der Waals surface area contributed by atoms with Crippen molar-refractivity contribution in [1.82, 2.24) is 0 Å². The summed E-state index contributed by atoms with van der Waals surface area (Å²) in [6.45, 7) is 3.92. The first-order valence-electron chi connectivity index (χ1n) is 10.7. The lowest BCUT2D eigenvalue weighted by molar-refractivity contribution is -0.180. The van der Waals surface area contributed by atoms with Gasteiger partial charge in [0.25, 0.3) is 0 Å². The zero-order valence-corrected chi connectivity index (χ0v) is 15.5. The summed E-state index contributed by atoms with van der Waals surface area (Å²) in [7, 11) is 0. The number of fused-ring (bicyclic) bond motifs is 5. The van der Waals surface area contributed by atoms with Gasteiger partial charge in [-0.05, 0) is 74.0 Å². The molecule has 0 aliphatic heterocycles. The van der Waals surface area contributed by atoms with Crippen molar-refractivity contribution < 1.29 is 20.8 Å². The lowest BCUT2D eigenvalue weighted by atomic mass is 9.44. The number of aliphatic hydroxyl groups is 1. The molecule has 0 aromatic carbocycles. The quantitative estimate of drug-likeness (QED) is 0.736. The molecule has 0 saturated heterocycles. The maximum absolute atomic E-state index is 12.5. The second-order valence-corrected chi connectivity index (χ2v) is 9.44. The van der Waals surface area contributed by atoms with Gasteiger partial charge in [0, 0.05) is 20.1 Å². The van der Waals surface area contributed by atoms with Crippen LogP contribution in [0.1, 0.15) is 73.5 Å². The van der Waals surface area contributed by atoms with Crippen LogP contribution in [0.3, 0.4) is 0 Å². The number of carbonyl (C=O) groups is 2. The Balaban J connectivity index is 1.63. The van der Waals surface area contributed by atoms with Crippen molar-refractivity contribution in [2.45, 2.75) is 84.3 Å². The van der Waals surface area contributed by atoms with E-state index in [2.05, 4.69) is 6.92 Å². The average molecular weight is 349 g/mol. The maximum Gasteiger partial charge on any atom is 0.302 e. The first kappa shape index (κ1) is 16.3. The monoisotopic (exact) mass is 349 g/mol. The Kier molecular flexibility index (Phi) is 3.78. The van der Waals surface area contributed by atoms with E-state index in [-0.39, 0.29) is 28.8 Å². The van der Waals surface area contributed by atoms with E-state index in [1.54, 1.807) is 0 Å². The first-order valence-corrected chi connectivity index (χ1v) is 9.99. The molecular formula is C21H32O4. The fourth-order valence-electron chi connectivity index (χ4n) is 7.14. The molecule has 25 heavy (non-hydrogen) atoms. The second-order valence-electron chi connectivity index (χ2n) is 9.44. The summed E-state index contributed by atoms with van der Waals surface area (Å²) in [4.78, 5) is 23.9. The van der Waals surface area contributed by atoms with Crippen LogP contribution in [-0.2, 0) is 14.3 Å². The number of carbonyl (C=O) groups excluding carboxylic acids is 2. The molecular weight excluding hydrogens is 316 g/mol. The van der Waals surface area contributed by atoms with Crippen LogP contribution >= 0.6 is 0 Å². The lowest BCUT2D eigenvalue weighted by Gasteiger charge is -2.61. The van der Waals surface area contributed by atoms with Crippen LogP contribution in [0.5, 0.6) is 0 Å². The number of hydrogen-bond acceptors (Lipinski definition) is 4. The highest BCUT2D eigenvalue weighted by Gasteiger charge is 2.62. The summed E-state index contributed by atoms with van der Waals surface area (Å²) in [5.74, 6) is 1.36. The third kappa shape index (κ3) is 2.50. The molecule has 4 saturated carbocycles. The van der Waals surface area contributed by atoms with E-state index in [9.17, 15) is 14.7 Å². The van der Waals surface area contributed by atoms with Crippen molar-refractivity contribution >= 4 is 11.8 Å². The molecule has 0 amide bonds. The number of rotatable bonds is 1. The van der Waals surface area contributed by atoms with E-state index in [4.69, 9.17) is 6.11 Å². The van der Waals surface area contributed by atoms with Gasteiger partial charge in [0.2, 0.25) is 0 Å². The maximum atomic E-state index is 12.5. The van der Waals surface area contributed by atoms with Gasteiger partial charge < -0.3 is 9.84 Å². The molecule has 140 valence electrons. The van der Waals surface area contributed by atoms with Gasteiger partial charge in [-0.1, -0.05) is 13.8 Å². The fraction of sp³-hybridized carbons (Fsp3) is 0.905. The largest absolute Gasteiger partial charge is 0.463 e. The van der Waals surface area contributed by atoms with Crippen molar-refractivity contribution in [3.05, 3.63) is 0 Å². The van der Waals surface area contributed by atoms with Gasteiger partial charge in [0.15, 0.2) is 0 Å². The number of hydrogen-bond donors (Lipinski definition) is 1. The summed E-state index contributed by atoms with van der Waals surface area (Å²) in [6.07, 6.45) is 6.11. The predicted octanol–water partition coefficient (Wildman–Crippen LogP) is 3.50. The third-order valence-corrected chi connectivity index (χ3v) is 8.38. The van der Waals surface area contributed by atoms with Crippen molar-refractivity contribution in [3.63, 3.8) is 0 Å². The molecule has 4 aliphatic rings. The van der Waals surface area contributed by atoms with Crippen molar-refractivity contribution in [3.8, 4) is 0 Å². The normalized spacial score (nSPS) is 52.6. The molecule has 0 heterocycles. The van der Waals surface area contributed by atoms with Crippen molar-refractivity contribution in [2.24, 2.45) is 34.5 Å². The van der Waals surface area contributed by atoms with Crippen LogP contribution in [0.2, 0.25) is 0 Å². The van der Waals surface area contributed by atoms with Crippen LogP contribution in [0.4, 0.5) is 0 Å². The smallest absolute Gasteiger partial charge is 0.302 e. The Labute approximate surface area is 152 Å². The predicted molar refractivity (Wildman–Crippen MR) is 93.7 cm³/mol. The number of esters is 1. The van der Waals surface area contributed by atoms with E-state index >= 15 is 0 Å². The molecule has 8 atom stereocenters. The van der Waals surface area contributed by atoms with Crippen molar-refractivity contribution in [1.29, 1.82) is 0 Å². The second kappa shape index (κ2) is 5.80. The average Bonchev–Trinajstić information content (AvgIpc) is 2.90. The minimum atomic E-state index is -0.446. The molecule has 1 N–H and O–H groups in total. The zero-order chi connectivity index (χ0) is 18.7. The lowest BCUT2D eigenvalue weighted by Crippen LogP contribution is -2.58. The highest BCUT2D eigenvalue weighted by Crippen LogP contribution is 2.65. The molecule has 0 radical (unpaired) electrons. The van der Waals surface area contributed by atoms with Gasteiger partial charge in [-0.3, -0.25) is 9.59 Å². The topological polar surface area (TPSA) is 63.6 Å². The van der Waals surface area contributed by atoms with Crippen LogP contribution in [0, 0.1) is 34.5 Å². The molecule has 4 fully saturated rings. The number of ether oxygens (including phenoxy) is 1. The SMILES string of the molecule is [2H]C[C@]12CC[C@H](OC(C)=O)C[C@@H]1[C@H](O)C[C@@H]1[C@@H]2CC[C@]2(C)C(=O)CC[C@@H]12. The van der Waals surface area contributed by atoms with Gasteiger partial charge in [0.05, 0.1) is 6.10 Å². The van der Waals surface area contributed by atoms with E-state index in [0.29, 0.717) is 43.3 Å². The fourth-order valence-corrected chi connectivity index (χ4v) is 7.14. The minimum absolute atomic E-state index is 0.0424. The van der Waals surface area contributed by atoms with Crippen LogP contribution < -0.4 is 0 Å². The number of ketones is 1. The van der Waals surface area contributed by atoms with Gasteiger partial charge in [-0.15, -0.1) is 0 Å². The van der Waals surface area contributed by atoms with E-state index in [0.717, 1.165) is 38.5 Å². The summed E-state index contributed by atoms with van der Waals surface area (Å²) in [5, 5.41) is 11.1. The molecule has 4 rings (SSSR count). The molecule has 4 aliphatic carbocycles. The van der Waals surface area contributed by atoms with Gasteiger partial charge in [0.1, 0.15) is 11.9 Å².